The molecular formula is C30H36F2N4O3. The fourth-order valence-electron chi connectivity index (χ4n) is 4.39. The predicted molar refractivity (Wildman–Crippen MR) is 147 cm³/mol. The molecule has 2 amide bonds. The predicted octanol–water partition coefficient (Wildman–Crippen LogP) is 4.63. The quantitative estimate of drug-likeness (QED) is 0.415. The first kappa shape index (κ1) is 29.7. The van der Waals surface area contributed by atoms with Gasteiger partial charge in [-0.15, -0.1) is 0 Å². The van der Waals surface area contributed by atoms with E-state index in [1.807, 2.05) is 51.1 Å². The highest BCUT2D eigenvalue weighted by Gasteiger charge is 2.30. The van der Waals surface area contributed by atoms with E-state index in [2.05, 4.69) is 15.6 Å². The van der Waals surface area contributed by atoms with Gasteiger partial charge in [-0.05, 0) is 80.8 Å². The summed E-state index contributed by atoms with van der Waals surface area (Å²) in [4.78, 5) is 31.0. The Labute approximate surface area is 228 Å². The van der Waals surface area contributed by atoms with E-state index in [0.29, 0.717) is 31.8 Å². The summed E-state index contributed by atoms with van der Waals surface area (Å²) < 4.78 is 29.7. The summed E-state index contributed by atoms with van der Waals surface area (Å²) in [5.74, 6) is 0.175. The van der Waals surface area contributed by atoms with Crippen LogP contribution in [0.1, 0.15) is 31.9 Å². The van der Waals surface area contributed by atoms with Crippen LogP contribution in [0.15, 0.2) is 66.9 Å². The number of carbonyl (C=O) groups is 2. The molecule has 3 aromatic rings. The lowest BCUT2D eigenvalue weighted by molar-refractivity contribution is -0.136. The van der Waals surface area contributed by atoms with Crippen molar-refractivity contribution in [2.24, 2.45) is 5.92 Å². The van der Waals surface area contributed by atoms with Gasteiger partial charge < -0.3 is 20.3 Å². The molecule has 0 bridgehead atoms. The second-order valence-electron chi connectivity index (χ2n) is 9.91. The Kier molecular flexibility index (Phi) is 10.5. The summed E-state index contributed by atoms with van der Waals surface area (Å²) in [5, 5.41) is 6.09. The smallest absolute Gasteiger partial charge is 0.242 e. The number of amides is 2. The number of rotatable bonds is 9. The molecule has 208 valence electrons. The number of nitrogens with one attached hydrogen (secondary N) is 2. The Morgan fingerprint density at radius 3 is 2.36 bits per heavy atom. The Bertz CT molecular complexity index is 1240. The average Bonchev–Trinajstić information content (AvgIpc) is 3.33. The van der Waals surface area contributed by atoms with Crippen LogP contribution in [0.2, 0.25) is 0 Å². The molecule has 1 aliphatic rings. The number of hydrogen-bond acceptors (Lipinski definition) is 5. The zero-order valence-corrected chi connectivity index (χ0v) is 22.8. The average molecular weight is 539 g/mol. The molecule has 0 aliphatic heterocycles. The molecule has 2 N–H and O–H groups in total. The summed E-state index contributed by atoms with van der Waals surface area (Å²) in [7, 11) is 1.79. The lowest BCUT2D eigenvalue weighted by atomic mass is 10.0. The third-order valence-corrected chi connectivity index (χ3v) is 6.38. The first-order valence-electron chi connectivity index (χ1n) is 13.0. The highest BCUT2D eigenvalue weighted by Crippen LogP contribution is 2.30. The molecule has 1 heterocycles. The maximum Gasteiger partial charge on any atom is 0.242 e. The van der Waals surface area contributed by atoms with Crippen molar-refractivity contribution in [3.8, 4) is 5.75 Å². The van der Waals surface area contributed by atoms with E-state index in [4.69, 9.17) is 4.74 Å². The number of benzene rings is 2. The molecule has 0 fully saturated rings. The second kappa shape index (κ2) is 13.8. The number of carbonyl (C=O) groups excluding carboxylic acids is 2. The van der Waals surface area contributed by atoms with Gasteiger partial charge in [-0.25, -0.2) is 13.8 Å². The number of anilines is 1. The minimum Gasteiger partial charge on any atom is -0.492 e. The van der Waals surface area contributed by atoms with Crippen LogP contribution in [0.5, 0.6) is 5.75 Å². The molecular weight excluding hydrogens is 502 g/mol. The lowest BCUT2D eigenvalue weighted by Crippen LogP contribution is -2.53. The van der Waals surface area contributed by atoms with Crippen molar-refractivity contribution in [1.29, 1.82) is 0 Å². The molecule has 2 aromatic carbocycles. The van der Waals surface area contributed by atoms with Crippen LogP contribution in [0.3, 0.4) is 0 Å². The van der Waals surface area contributed by atoms with Gasteiger partial charge >= 0.3 is 0 Å². The number of likely N-dealkylation sites (N-methyl/N-ethyl adjacent to an activating group) is 2. The molecule has 4 rings (SSSR count). The number of fused-ring (bicyclic) bond motifs is 1. The summed E-state index contributed by atoms with van der Waals surface area (Å²) in [6.45, 7) is 7.40. The molecule has 0 spiro atoms. The van der Waals surface area contributed by atoms with Crippen molar-refractivity contribution in [3.05, 3.63) is 89.6 Å². The molecule has 1 aliphatic carbocycles. The Morgan fingerprint density at radius 2 is 1.74 bits per heavy atom. The molecule has 0 saturated carbocycles. The Balaban J connectivity index is 0.000000449. The van der Waals surface area contributed by atoms with Gasteiger partial charge in [0.25, 0.3) is 0 Å². The molecule has 7 nitrogen and oxygen atoms in total. The number of pyridine rings is 1. The Morgan fingerprint density at radius 1 is 1.03 bits per heavy atom. The van der Waals surface area contributed by atoms with Gasteiger partial charge in [-0.3, -0.25) is 9.59 Å². The van der Waals surface area contributed by atoms with E-state index < -0.39 is 17.2 Å². The van der Waals surface area contributed by atoms with E-state index in [-0.39, 0.29) is 17.7 Å². The standard InChI is InChI=1S/C24H32N4O3.C6H4F2/c1-5-26-24(2,3)23(30)28(4)12-13-31-20-10-9-17-14-19(15-18(17)16-20)22(29)27-21-8-6-7-11-25-21;7-5-2-1-3-6(8)4-5/h6-11,16,19,26H,5,12-15H2,1-4H3,(H,25,27,29);1-4H/t19-;/m1./s1. The highest BCUT2D eigenvalue weighted by atomic mass is 19.1. The Hall–Kier alpha value is -3.85. The molecule has 0 unspecified atom stereocenters. The van der Waals surface area contributed by atoms with E-state index in [9.17, 15) is 18.4 Å². The first-order valence-corrected chi connectivity index (χ1v) is 13.0. The zero-order chi connectivity index (χ0) is 28.4. The molecule has 1 aromatic heterocycles. The van der Waals surface area contributed by atoms with Crippen molar-refractivity contribution in [1.82, 2.24) is 15.2 Å². The van der Waals surface area contributed by atoms with Gasteiger partial charge in [0.05, 0.1) is 12.1 Å². The maximum absolute atomic E-state index is 12.6. The van der Waals surface area contributed by atoms with Crippen LogP contribution in [-0.4, -0.2) is 54.0 Å². The van der Waals surface area contributed by atoms with E-state index in [1.165, 1.54) is 23.8 Å². The van der Waals surface area contributed by atoms with Crippen LogP contribution >= 0.6 is 0 Å². The summed E-state index contributed by atoms with van der Waals surface area (Å²) in [6.07, 6.45) is 3.06. The van der Waals surface area contributed by atoms with Crippen LogP contribution in [0.4, 0.5) is 14.6 Å². The minimum absolute atomic E-state index is 0.0131. The monoisotopic (exact) mass is 538 g/mol. The largest absolute Gasteiger partial charge is 0.492 e. The highest BCUT2D eigenvalue weighted by molar-refractivity contribution is 5.92. The lowest BCUT2D eigenvalue weighted by Gasteiger charge is -2.30. The van der Waals surface area contributed by atoms with Gasteiger partial charge in [-0.1, -0.05) is 25.1 Å². The van der Waals surface area contributed by atoms with Gasteiger partial charge in [0.1, 0.15) is 29.8 Å². The van der Waals surface area contributed by atoms with Gasteiger partial charge in [0.2, 0.25) is 11.8 Å². The number of aromatic nitrogens is 1. The number of halogens is 2. The third-order valence-electron chi connectivity index (χ3n) is 6.38. The van der Waals surface area contributed by atoms with Crippen molar-refractivity contribution in [3.63, 3.8) is 0 Å². The molecule has 1 atom stereocenters. The van der Waals surface area contributed by atoms with Crippen LogP contribution in [0.25, 0.3) is 0 Å². The molecule has 0 saturated heterocycles. The normalized spacial score (nSPS) is 14.1. The summed E-state index contributed by atoms with van der Waals surface area (Å²) in [6, 6.07) is 16.0. The second-order valence-corrected chi connectivity index (χ2v) is 9.91. The fourth-order valence-corrected chi connectivity index (χ4v) is 4.39. The SMILES string of the molecule is CCNC(C)(C)C(=O)N(C)CCOc1ccc2c(c1)C[C@H](C(=O)Nc1ccccn1)C2.Fc1cccc(F)c1. The van der Waals surface area contributed by atoms with Crippen molar-refractivity contribution in [2.45, 2.75) is 39.2 Å². The fraction of sp³-hybridized carbons (Fsp3) is 0.367. The minimum atomic E-state index is -0.595. The van der Waals surface area contributed by atoms with Crippen LogP contribution < -0.4 is 15.4 Å². The van der Waals surface area contributed by atoms with Crippen molar-refractivity contribution in [2.75, 3.05) is 32.1 Å². The van der Waals surface area contributed by atoms with E-state index >= 15 is 0 Å². The van der Waals surface area contributed by atoms with Crippen molar-refractivity contribution < 1.29 is 23.1 Å². The van der Waals surface area contributed by atoms with Crippen LogP contribution in [0, 0.1) is 17.6 Å². The summed E-state index contributed by atoms with van der Waals surface area (Å²) in [5.41, 5.74) is 1.71. The zero-order valence-electron chi connectivity index (χ0n) is 22.8. The molecule has 0 radical (unpaired) electrons. The van der Waals surface area contributed by atoms with Crippen LogP contribution in [-0.2, 0) is 22.4 Å². The van der Waals surface area contributed by atoms with E-state index in [1.54, 1.807) is 24.2 Å². The topological polar surface area (TPSA) is 83.6 Å². The van der Waals surface area contributed by atoms with Gasteiger partial charge in [-0.2, -0.15) is 0 Å². The molecule has 39 heavy (non-hydrogen) atoms. The van der Waals surface area contributed by atoms with Crippen molar-refractivity contribution >= 4 is 17.6 Å². The number of ether oxygens (including phenoxy) is 1. The third kappa shape index (κ3) is 8.85. The van der Waals surface area contributed by atoms with Gasteiger partial charge in [0.15, 0.2) is 0 Å². The first-order chi connectivity index (χ1) is 18.6. The van der Waals surface area contributed by atoms with E-state index in [0.717, 1.165) is 23.9 Å². The number of nitrogens with zero attached hydrogens (tertiary/aromatic N) is 2. The van der Waals surface area contributed by atoms with Gasteiger partial charge in [0, 0.05) is 25.2 Å². The summed E-state index contributed by atoms with van der Waals surface area (Å²) >= 11 is 0. The maximum atomic E-state index is 12.6. The molecule has 9 heteroatoms. The number of hydrogen-bond donors (Lipinski definition) is 2.